The molecular formula is C13H15BrN2O5S. The summed E-state index contributed by atoms with van der Waals surface area (Å²) < 4.78 is 27.8. The summed E-state index contributed by atoms with van der Waals surface area (Å²) >= 11 is 3.29. The second kappa shape index (κ2) is 6.35. The monoisotopic (exact) mass is 390 g/mol. The van der Waals surface area contributed by atoms with Gasteiger partial charge in [0.15, 0.2) is 0 Å². The molecule has 0 aliphatic carbocycles. The number of hydrogen-bond acceptors (Lipinski definition) is 5. The Balaban J connectivity index is 2.34. The number of nitrogens with two attached hydrogens (primary N) is 1. The van der Waals surface area contributed by atoms with Crippen molar-refractivity contribution in [2.75, 3.05) is 24.3 Å². The van der Waals surface area contributed by atoms with Gasteiger partial charge in [-0.2, -0.15) is 0 Å². The van der Waals surface area contributed by atoms with Gasteiger partial charge in [-0.1, -0.05) is 15.9 Å². The Morgan fingerprint density at radius 2 is 2.18 bits per heavy atom. The third-order valence-corrected chi connectivity index (χ3v) is 4.76. The number of ether oxygens (including phenoxy) is 1. The van der Waals surface area contributed by atoms with Crippen molar-refractivity contribution in [3.63, 3.8) is 0 Å². The van der Waals surface area contributed by atoms with Crippen molar-refractivity contribution in [1.29, 1.82) is 0 Å². The second-order valence-corrected chi connectivity index (χ2v) is 7.63. The highest BCUT2D eigenvalue weighted by atomic mass is 79.9. The van der Waals surface area contributed by atoms with Gasteiger partial charge in [0.2, 0.25) is 15.9 Å². The zero-order chi connectivity index (χ0) is 16.5. The number of carbonyl (C=O) groups is 2. The van der Waals surface area contributed by atoms with Crippen LogP contribution in [0.25, 0.3) is 0 Å². The van der Waals surface area contributed by atoms with E-state index in [-0.39, 0.29) is 30.2 Å². The molecule has 1 heterocycles. The van der Waals surface area contributed by atoms with Gasteiger partial charge >= 0.3 is 5.97 Å². The molecule has 9 heteroatoms. The molecule has 0 bridgehead atoms. The van der Waals surface area contributed by atoms with Crippen molar-refractivity contribution in [3.8, 4) is 0 Å². The first-order valence-corrected chi connectivity index (χ1v) is 8.91. The molecule has 1 aliphatic rings. The fourth-order valence-corrected chi connectivity index (χ4v) is 3.69. The molecule has 7 nitrogen and oxygen atoms in total. The van der Waals surface area contributed by atoms with Crippen molar-refractivity contribution < 1.29 is 22.7 Å². The van der Waals surface area contributed by atoms with Crippen molar-refractivity contribution in [1.82, 2.24) is 0 Å². The number of rotatable bonds is 4. The fraction of sp³-hybridized carbons (Fsp3) is 0.385. The maximum atomic E-state index is 12.2. The summed E-state index contributed by atoms with van der Waals surface area (Å²) in [5.41, 5.74) is 0.637. The lowest BCUT2D eigenvalue weighted by molar-refractivity contribution is -0.117. The number of sulfonamides is 1. The van der Waals surface area contributed by atoms with E-state index < -0.39 is 21.9 Å². The SMILES string of the molecule is COC(=O)c1ccc(Br)cc1N1CC(CS(N)(=O)=O)CC1=O. The summed E-state index contributed by atoms with van der Waals surface area (Å²) in [5, 5.41) is 5.03. The van der Waals surface area contributed by atoms with Gasteiger partial charge in [0, 0.05) is 23.4 Å². The van der Waals surface area contributed by atoms with Crippen LogP contribution in [0.3, 0.4) is 0 Å². The third kappa shape index (κ3) is 3.84. The van der Waals surface area contributed by atoms with Gasteiger partial charge in [-0.05, 0) is 18.2 Å². The lowest BCUT2D eigenvalue weighted by Crippen LogP contribution is -2.28. The summed E-state index contributed by atoms with van der Waals surface area (Å²) in [6.07, 6.45) is 0.0730. The van der Waals surface area contributed by atoms with Crippen molar-refractivity contribution in [2.24, 2.45) is 11.1 Å². The van der Waals surface area contributed by atoms with Crippen molar-refractivity contribution in [3.05, 3.63) is 28.2 Å². The minimum Gasteiger partial charge on any atom is -0.465 e. The summed E-state index contributed by atoms with van der Waals surface area (Å²) in [7, 11) is -2.40. The molecule has 1 saturated heterocycles. The number of methoxy groups -OCH3 is 1. The highest BCUT2D eigenvalue weighted by Gasteiger charge is 2.34. The molecule has 0 spiro atoms. The van der Waals surface area contributed by atoms with Crippen LogP contribution >= 0.6 is 15.9 Å². The summed E-state index contributed by atoms with van der Waals surface area (Å²) in [6, 6.07) is 4.84. The average molecular weight is 391 g/mol. The van der Waals surface area contributed by atoms with E-state index in [4.69, 9.17) is 9.88 Å². The predicted molar refractivity (Wildman–Crippen MR) is 83.9 cm³/mol. The molecule has 1 fully saturated rings. The van der Waals surface area contributed by atoms with Gasteiger partial charge in [0.25, 0.3) is 0 Å². The van der Waals surface area contributed by atoms with Gasteiger partial charge < -0.3 is 9.64 Å². The molecule has 1 atom stereocenters. The molecule has 0 saturated carbocycles. The topological polar surface area (TPSA) is 107 Å². The van der Waals surface area contributed by atoms with Crippen LogP contribution in [0.5, 0.6) is 0 Å². The largest absolute Gasteiger partial charge is 0.465 e. The zero-order valence-corrected chi connectivity index (χ0v) is 14.2. The molecule has 0 aromatic heterocycles. The van der Waals surface area contributed by atoms with Gasteiger partial charge in [-0.3, -0.25) is 4.79 Å². The van der Waals surface area contributed by atoms with E-state index in [2.05, 4.69) is 15.9 Å². The maximum absolute atomic E-state index is 12.2. The molecule has 1 aromatic carbocycles. The zero-order valence-electron chi connectivity index (χ0n) is 11.8. The van der Waals surface area contributed by atoms with E-state index >= 15 is 0 Å². The smallest absolute Gasteiger partial charge is 0.339 e. The highest BCUT2D eigenvalue weighted by Crippen LogP contribution is 2.31. The second-order valence-electron chi connectivity index (χ2n) is 5.06. The van der Waals surface area contributed by atoms with E-state index in [1.54, 1.807) is 18.2 Å². The van der Waals surface area contributed by atoms with Crippen LogP contribution in [0.2, 0.25) is 0 Å². The van der Waals surface area contributed by atoms with Crippen molar-refractivity contribution >= 4 is 43.5 Å². The molecule has 2 rings (SSSR count). The quantitative estimate of drug-likeness (QED) is 0.767. The molecular weight excluding hydrogens is 376 g/mol. The van der Waals surface area contributed by atoms with Crippen LogP contribution in [-0.4, -0.2) is 39.7 Å². The minimum absolute atomic E-state index is 0.0730. The number of primary sulfonamides is 1. The Kier molecular flexibility index (Phi) is 4.88. The van der Waals surface area contributed by atoms with Crippen molar-refractivity contribution in [2.45, 2.75) is 6.42 Å². The first kappa shape index (κ1) is 16.9. The fourth-order valence-electron chi connectivity index (χ4n) is 2.47. The van der Waals surface area contributed by atoms with Gasteiger partial charge in [0.1, 0.15) is 0 Å². The Labute approximate surface area is 136 Å². The Morgan fingerprint density at radius 3 is 2.77 bits per heavy atom. The highest BCUT2D eigenvalue weighted by molar-refractivity contribution is 9.10. The van der Waals surface area contributed by atoms with Crippen LogP contribution in [0.15, 0.2) is 22.7 Å². The van der Waals surface area contributed by atoms with Crippen LogP contribution in [0, 0.1) is 5.92 Å². The molecule has 0 radical (unpaired) electrons. The van der Waals surface area contributed by atoms with Gasteiger partial charge in [0.05, 0.1) is 24.1 Å². The number of hydrogen-bond donors (Lipinski definition) is 1. The molecule has 1 aromatic rings. The number of amides is 1. The average Bonchev–Trinajstić information content (AvgIpc) is 2.76. The molecule has 22 heavy (non-hydrogen) atoms. The predicted octanol–water partition coefficient (Wildman–Crippen LogP) is 0.877. The first-order chi connectivity index (χ1) is 10.2. The number of anilines is 1. The van der Waals surface area contributed by atoms with Crippen LogP contribution in [-0.2, 0) is 19.6 Å². The summed E-state index contributed by atoms with van der Waals surface area (Å²) in [5.74, 6) is -1.48. The Morgan fingerprint density at radius 1 is 1.50 bits per heavy atom. The molecule has 120 valence electrons. The van der Waals surface area contributed by atoms with Crippen LogP contribution in [0.4, 0.5) is 5.69 Å². The number of nitrogens with zero attached hydrogens (tertiary/aromatic N) is 1. The standard InChI is InChI=1S/C13H15BrN2O5S/c1-21-13(18)10-3-2-9(14)5-11(10)16-6-8(4-12(16)17)7-22(15,19)20/h2-3,5,8H,4,6-7H2,1H3,(H2,15,19,20). The summed E-state index contributed by atoms with van der Waals surface area (Å²) in [4.78, 5) is 25.4. The summed E-state index contributed by atoms with van der Waals surface area (Å²) in [6.45, 7) is 0.190. The Hall–Kier alpha value is -1.45. The molecule has 1 aliphatic heterocycles. The minimum atomic E-state index is -3.66. The number of halogens is 1. The molecule has 2 N–H and O–H groups in total. The number of benzene rings is 1. The van der Waals surface area contributed by atoms with E-state index in [1.807, 2.05) is 0 Å². The van der Waals surface area contributed by atoms with E-state index in [0.29, 0.717) is 10.2 Å². The van der Waals surface area contributed by atoms with E-state index in [1.165, 1.54) is 12.0 Å². The normalized spacial score (nSPS) is 18.6. The van der Waals surface area contributed by atoms with E-state index in [0.717, 1.165) is 0 Å². The third-order valence-electron chi connectivity index (χ3n) is 3.33. The number of esters is 1. The number of carbonyl (C=O) groups excluding carboxylic acids is 2. The lowest BCUT2D eigenvalue weighted by atomic mass is 10.1. The van der Waals surface area contributed by atoms with Crippen LogP contribution in [0.1, 0.15) is 16.8 Å². The first-order valence-electron chi connectivity index (χ1n) is 6.40. The Bertz CT molecular complexity index is 719. The molecule has 1 amide bonds. The lowest BCUT2D eigenvalue weighted by Gasteiger charge is -2.20. The van der Waals surface area contributed by atoms with Gasteiger partial charge in [-0.15, -0.1) is 0 Å². The van der Waals surface area contributed by atoms with Crippen LogP contribution < -0.4 is 10.0 Å². The van der Waals surface area contributed by atoms with Gasteiger partial charge in [-0.25, -0.2) is 18.4 Å². The maximum Gasteiger partial charge on any atom is 0.339 e. The molecule has 1 unspecified atom stereocenters. The van der Waals surface area contributed by atoms with E-state index in [9.17, 15) is 18.0 Å².